The number of nitrogens with one attached hydrogen (secondary N) is 1. The van der Waals surface area contributed by atoms with Gasteiger partial charge in [-0.05, 0) is 30.7 Å². The van der Waals surface area contributed by atoms with Crippen LogP contribution in [0.1, 0.15) is 26.2 Å². The summed E-state index contributed by atoms with van der Waals surface area (Å²) in [5.74, 6) is 0.667. The van der Waals surface area contributed by atoms with E-state index in [1.165, 1.54) is 10.6 Å². The summed E-state index contributed by atoms with van der Waals surface area (Å²) in [6.45, 7) is 2.47. The number of carbonyl (C=O) groups is 1. The van der Waals surface area contributed by atoms with Crippen molar-refractivity contribution in [3.05, 3.63) is 24.3 Å². The largest absolute Gasteiger partial charge is 0.324 e. The molecule has 1 aromatic carbocycles. The molecule has 1 amide bonds. The van der Waals surface area contributed by atoms with Crippen molar-refractivity contribution in [1.82, 2.24) is 4.31 Å². The predicted molar refractivity (Wildman–Crippen MR) is 90.7 cm³/mol. The second-order valence-corrected chi connectivity index (χ2v) is 8.54. The summed E-state index contributed by atoms with van der Waals surface area (Å²) in [4.78, 5) is 13.6. The van der Waals surface area contributed by atoms with Crippen molar-refractivity contribution in [2.75, 3.05) is 23.9 Å². The van der Waals surface area contributed by atoms with E-state index in [9.17, 15) is 13.2 Å². The molecule has 0 bridgehead atoms. The van der Waals surface area contributed by atoms with Gasteiger partial charge in [-0.25, -0.2) is 8.42 Å². The maximum absolute atomic E-state index is 12.6. The van der Waals surface area contributed by atoms with Crippen LogP contribution in [-0.2, 0) is 14.8 Å². The molecule has 0 unspecified atom stereocenters. The molecule has 7 heteroatoms. The molecule has 0 aromatic heterocycles. The van der Waals surface area contributed by atoms with E-state index in [0.29, 0.717) is 13.0 Å². The van der Waals surface area contributed by atoms with E-state index in [4.69, 9.17) is 0 Å². The monoisotopic (exact) mass is 342 g/mol. The van der Waals surface area contributed by atoms with Gasteiger partial charge in [0.1, 0.15) is 6.04 Å². The van der Waals surface area contributed by atoms with Crippen molar-refractivity contribution < 1.29 is 13.2 Å². The highest BCUT2D eigenvalue weighted by Gasteiger charge is 2.34. The second kappa shape index (κ2) is 7.48. The third kappa shape index (κ3) is 4.24. The van der Waals surface area contributed by atoms with Crippen LogP contribution in [0.3, 0.4) is 0 Å². The minimum absolute atomic E-state index is 0.241. The summed E-state index contributed by atoms with van der Waals surface area (Å²) in [5.41, 5.74) is 0.748. The zero-order valence-corrected chi connectivity index (χ0v) is 14.5. The van der Waals surface area contributed by atoms with E-state index in [1.807, 2.05) is 24.3 Å². The molecule has 2 rings (SSSR count). The lowest BCUT2D eigenvalue weighted by Gasteiger charge is -2.32. The zero-order valence-electron chi connectivity index (χ0n) is 12.9. The first-order valence-electron chi connectivity index (χ1n) is 7.43. The van der Waals surface area contributed by atoms with Crippen LogP contribution >= 0.6 is 11.8 Å². The van der Waals surface area contributed by atoms with Crippen LogP contribution in [0.25, 0.3) is 0 Å². The number of hydrogen-bond acceptors (Lipinski definition) is 4. The van der Waals surface area contributed by atoms with Gasteiger partial charge in [0, 0.05) is 11.4 Å². The zero-order chi connectivity index (χ0) is 16.2. The average Bonchev–Trinajstić information content (AvgIpc) is 2.48. The molecule has 1 heterocycles. The van der Waals surface area contributed by atoms with Crippen LogP contribution in [-0.4, -0.2) is 43.2 Å². The van der Waals surface area contributed by atoms with Gasteiger partial charge in [0.25, 0.3) is 0 Å². The Balaban J connectivity index is 2.17. The van der Waals surface area contributed by atoms with Gasteiger partial charge in [0.15, 0.2) is 0 Å². The van der Waals surface area contributed by atoms with E-state index in [1.54, 1.807) is 11.8 Å². The average molecular weight is 342 g/mol. The maximum Gasteiger partial charge on any atom is 0.242 e. The van der Waals surface area contributed by atoms with Crippen molar-refractivity contribution in [2.45, 2.75) is 37.1 Å². The van der Waals surface area contributed by atoms with E-state index in [2.05, 4.69) is 12.2 Å². The lowest BCUT2D eigenvalue weighted by atomic mass is 10.0. The third-order valence-corrected chi connectivity index (χ3v) is 5.87. The molecule has 1 fully saturated rings. The highest BCUT2D eigenvalue weighted by molar-refractivity contribution is 7.99. The molecule has 0 spiro atoms. The second-order valence-electron chi connectivity index (χ2n) is 5.30. The quantitative estimate of drug-likeness (QED) is 0.835. The number of hydrogen-bond donors (Lipinski definition) is 1. The smallest absolute Gasteiger partial charge is 0.242 e. The number of carbonyl (C=O) groups excluding carboxylic acids is 1. The Labute approximate surface area is 136 Å². The molecule has 122 valence electrons. The molecule has 22 heavy (non-hydrogen) atoms. The lowest BCUT2D eigenvalue weighted by molar-refractivity contribution is -0.120. The highest BCUT2D eigenvalue weighted by Crippen LogP contribution is 2.28. The van der Waals surface area contributed by atoms with E-state index in [-0.39, 0.29) is 5.91 Å². The number of amides is 1. The number of thioether (sulfide) groups is 1. The molecule has 0 saturated carbocycles. The Morgan fingerprint density at radius 1 is 1.36 bits per heavy atom. The van der Waals surface area contributed by atoms with Gasteiger partial charge in [-0.3, -0.25) is 4.79 Å². The Morgan fingerprint density at radius 3 is 2.77 bits per heavy atom. The van der Waals surface area contributed by atoms with Crippen LogP contribution in [0.4, 0.5) is 5.69 Å². The van der Waals surface area contributed by atoms with Crippen LogP contribution in [0.5, 0.6) is 0 Å². The van der Waals surface area contributed by atoms with Crippen LogP contribution in [0.15, 0.2) is 29.2 Å². The molecule has 1 atom stereocenters. The SMILES string of the molecule is CCSc1ccccc1NC(=O)[C@@H]1CCCCN1S(C)(=O)=O. The van der Waals surface area contributed by atoms with Crippen LogP contribution < -0.4 is 5.32 Å². The van der Waals surface area contributed by atoms with E-state index < -0.39 is 16.1 Å². The van der Waals surface area contributed by atoms with Gasteiger partial charge >= 0.3 is 0 Å². The first-order chi connectivity index (χ1) is 10.4. The molecular formula is C15H22N2O3S2. The number of nitrogens with zero attached hydrogens (tertiary/aromatic N) is 1. The summed E-state index contributed by atoms with van der Waals surface area (Å²) in [6.07, 6.45) is 3.41. The minimum atomic E-state index is -3.37. The van der Waals surface area contributed by atoms with Gasteiger partial charge in [0.2, 0.25) is 15.9 Å². The number of anilines is 1. The van der Waals surface area contributed by atoms with Crippen molar-refractivity contribution in [3.8, 4) is 0 Å². The number of benzene rings is 1. The van der Waals surface area contributed by atoms with Gasteiger partial charge < -0.3 is 5.32 Å². The minimum Gasteiger partial charge on any atom is -0.324 e. The predicted octanol–water partition coefficient (Wildman–Crippen LogP) is 2.55. The standard InChI is InChI=1S/C15H22N2O3S2/c1-3-21-14-10-5-4-8-12(14)16-15(18)13-9-6-7-11-17(13)22(2,19)20/h4-5,8,10,13H,3,6-7,9,11H2,1-2H3,(H,16,18)/t13-/m0/s1. The number of piperidine rings is 1. The van der Waals surface area contributed by atoms with Gasteiger partial charge in [-0.2, -0.15) is 4.31 Å². The molecule has 1 N–H and O–H groups in total. The molecule has 1 aliphatic heterocycles. The van der Waals surface area contributed by atoms with E-state index in [0.717, 1.165) is 29.2 Å². The fourth-order valence-electron chi connectivity index (χ4n) is 2.63. The van der Waals surface area contributed by atoms with Crippen molar-refractivity contribution in [2.24, 2.45) is 0 Å². The highest BCUT2D eigenvalue weighted by atomic mass is 32.2. The number of rotatable bonds is 5. The summed E-state index contributed by atoms with van der Waals surface area (Å²) in [6, 6.07) is 6.99. The van der Waals surface area contributed by atoms with Gasteiger partial charge in [-0.15, -0.1) is 11.8 Å². The summed E-state index contributed by atoms with van der Waals surface area (Å²) in [7, 11) is -3.37. The normalized spacial score (nSPS) is 19.8. The first kappa shape index (κ1) is 17.3. The molecule has 0 radical (unpaired) electrons. The van der Waals surface area contributed by atoms with Crippen molar-refractivity contribution >= 4 is 33.4 Å². The molecule has 0 aliphatic carbocycles. The number of sulfonamides is 1. The first-order valence-corrected chi connectivity index (χ1v) is 10.3. The molecule has 5 nitrogen and oxygen atoms in total. The topological polar surface area (TPSA) is 66.5 Å². The molecule has 1 saturated heterocycles. The maximum atomic E-state index is 12.6. The van der Waals surface area contributed by atoms with E-state index >= 15 is 0 Å². The fourth-order valence-corrected chi connectivity index (χ4v) is 4.52. The van der Waals surface area contributed by atoms with Gasteiger partial charge in [-0.1, -0.05) is 25.5 Å². The third-order valence-electron chi connectivity index (χ3n) is 3.63. The summed E-state index contributed by atoms with van der Waals surface area (Å²) in [5, 5.41) is 2.90. The van der Waals surface area contributed by atoms with Crippen LogP contribution in [0.2, 0.25) is 0 Å². The Bertz CT molecular complexity index is 631. The van der Waals surface area contributed by atoms with Crippen LogP contribution in [0, 0.1) is 0 Å². The molecule has 1 aromatic rings. The Kier molecular flexibility index (Phi) is 5.88. The summed E-state index contributed by atoms with van der Waals surface area (Å²) >= 11 is 1.65. The number of para-hydroxylation sites is 1. The van der Waals surface area contributed by atoms with Crippen molar-refractivity contribution in [3.63, 3.8) is 0 Å². The van der Waals surface area contributed by atoms with Gasteiger partial charge in [0.05, 0.1) is 11.9 Å². The fraction of sp³-hybridized carbons (Fsp3) is 0.533. The molecular weight excluding hydrogens is 320 g/mol. The van der Waals surface area contributed by atoms with Crippen molar-refractivity contribution in [1.29, 1.82) is 0 Å². The lowest BCUT2D eigenvalue weighted by Crippen LogP contribution is -2.49. The Morgan fingerprint density at radius 2 is 2.09 bits per heavy atom. The molecule has 1 aliphatic rings. The summed E-state index contributed by atoms with van der Waals surface area (Å²) < 4.78 is 25.1. The Hall–Kier alpha value is -1.05.